The molecule has 4 aromatic heterocycles. The number of pyridine rings is 2. The molecule has 0 fully saturated rings. The van der Waals surface area contributed by atoms with Crippen LogP contribution in [0.5, 0.6) is 0 Å². The lowest BCUT2D eigenvalue weighted by atomic mass is 10.3. The van der Waals surface area contributed by atoms with Gasteiger partial charge in [0.25, 0.3) is 5.56 Å². The maximum absolute atomic E-state index is 12.3. The highest BCUT2D eigenvalue weighted by Crippen LogP contribution is 2.06. The Bertz CT molecular complexity index is 1150. The molecule has 0 saturated carbocycles. The number of hydrogen-bond donors (Lipinski definition) is 0. The van der Waals surface area contributed by atoms with Gasteiger partial charge < -0.3 is 0 Å². The number of nitrogens with zero attached hydrogens (tertiary/aromatic N) is 5. The number of rotatable bonds is 2. The van der Waals surface area contributed by atoms with Crippen molar-refractivity contribution in [2.45, 2.75) is 13.5 Å². The van der Waals surface area contributed by atoms with Crippen LogP contribution in [-0.4, -0.2) is 23.6 Å². The number of aromatic nitrogens is 5. The van der Waals surface area contributed by atoms with Crippen molar-refractivity contribution in [1.82, 2.24) is 23.6 Å². The van der Waals surface area contributed by atoms with E-state index in [4.69, 9.17) is 0 Å². The summed E-state index contributed by atoms with van der Waals surface area (Å²) in [6.07, 6.45) is 3.34. The first-order chi connectivity index (χ1) is 11.1. The predicted molar refractivity (Wildman–Crippen MR) is 84.8 cm³/mol. The molecule has 0 spiro atoms. The lowest BCUT2D eigenvalue weighted by Crippen LogP contribution is -2.24. The van der Waals surface area contributed by atoms with Crippen LogP contribution in [0.4, 0.5) is 0 Å². The van der Waals surface area contributed by atoms with Gasteiger partial charge >= 0.3 is 5.69 Å². The maximum atomic E-state index is 12.3. The lowest BCUT2D eigenvalue weighted by Gasteiger charge is -2.05. The van der Waals surface area contributed by atoms with Gasteiger partial charge in [0.1, 0.15) is 5.65 Å². The molecule has 4 rings (SSSR count). The van der Waals surface area contributed by atoms with Gasteiger partial charge in [-0.2, -0.15) is 0 Å². The smallest absolute Gasteiger partial charge is 0.269 e. The molecule has 0 bridgehead atoms. The van der Waals surface area contributed by atoms with Gasteiger partial charge in [-0.1, -0.05) is 12.1 Å². The van der Waals surface area contributed by atoms with Crippen LogP contribution in [-0.2, 0) is 6.54 Å². The molecule has 23 heavy (non-hydrogen) atoms. The molecule has 0 aliphatic heterocycles. The first-order valence-electron chi connectivity index (χ1n) is 7.15. The van der Waals surface area contributed by atoms with Crippen LogP contribution in [0.2, 0.25) is 0 Å². The Morgan fingerprint density at radius 1 is 1.04 bits per heavy atom. The molecule has 114 valence electrons. The van der Waals surface area contributed by atoms with Gasteiger partial charge in [0.05, 0.1) is 12.2 Å². The van der Waals surface area contributed by atoms with Crippen LogP contribution in [0, 0.1) is 6.92 Å². The number of fused-ring (bicyclic) bond motifs is 2. The third-order valence-electron chi connectivity index (χ3n) is 3.74. The van der Waals surface area contributed by atoms with Crippen molar-refractivity contribution >= 4 is 11.3 Å². The Balaban J connectivity index is 1.86. The molecule has 4 aromatic rings. The Kier molecular flexibility index (Phi) is 2.87. The van der Waals surface area contributed by atoms with Crippen LogP contribution in [0.25, 0.3) is 11.3 Å². The van der Waals surface area contributed by atoms with Gasteiger partial charge in [-0.3, -0.25) is 13.6 Å². The first-order valence-corrected chi connectivity index (χ1v) is 7.15. The van der Waals surface area contributed by atoms with E-state index >= 15 is 0 Å². The van der Waals surface area contributed by atoms with E-state index in [0.29, 0.717) is 17.0 Å². The van der Waals surface area contributed by atoms with Crippen LogP contribution < -0.4 is 11.2 Å². The van der Waals surface area contributed by atoms with Crippen LogP contribution in [0.15, 0.2) is 58.4 Å². The number of hydrogen-bond acceptors (Lipinski definition) is 4. The van der Waals surface area contributed by atoms with Crippen LogP contribution in [0.3, 0.4) is 0 Å². The van der Waals surface area contributed by atoms with Crippen molar-refractivity contribution in [3.05, 3.63) is 80.9 Å². The fourth-order valence-corrected chi connectivity index (χ4v) is 2.61. The summed E-state index contributed by atoms with van der Waals surface area (Å²) < 4.78 is 4.26. The van der Waals surface area contributed by atoms with Crippen molar-refractivity contribution in [3.63, 3.8) is 0 Å². The highest BCUT2D eigenvalue weighted by atomic mass is 16.2. The quantitative estimate of drug-likeness (QED) is 0.550. The van der Waals surface area contributed by atoms with Crippen LogP contribution in [0.1, 0.15) is 11.3 Å². The van der Waals surface area contributed by atoms with E-state index in [1.54, 1.807) is 30.6 Å². The Labute approximate surface area is 130 Å². The monoisotopic (exact) mass is 307 g/mol. The number of aryl methyl sites for hydroxylation is 1. The Hall–Kier alpha value is -3.22. The fraction of sp³-hybridized carbons (Fsp3) is 0.125. The molecular weight excluding hydrogens is 294 g/mol. The summed E-state index contributed by atoms with van der Waals surface area (Å²) in [7, 11) is 0. The second kappa shape index (κ2) is 4.91. The zero-order valence-corrected chi connectivity index (χ0v) is 12.4. The van der Waals surface area contributed by atoms with Crippen molar-refractivity contribution in [2.24, 2.45) is 0 Å². The van der Waals surface area contributed by atoms with E-state index in [0.717, 1.165) is 5.56 Å². The molecule has 7 heteroatoms. The molecule has 0 aliphatic carbocycles. The summed E-state index contributed by atoms with van der Waals surface area (Å²) in [5, 5.41) is 4.26. The standard InChI is InChI=1S/C16H13N5O2/c1-11-5-4-8-20-14(22)9-12(17-15(11)20)10-21-16(23)19-7-3-2-6-13(19)18-21/h2-9H,10H2,1H3. The van der Waals surface area contributed by atoms with Gasteiger partial charge in [-0.15, -0.1) is 5.10 Å². The van der Waals surface area contributed by atoms with E-state index < -0.39 is 0 Å². The van der Waals surface area contributed by atoms with Crippen molar-refractivity contribution in [2.75, 3.05) is 0 Å². The summed E-state index contributed by atoms with van der Waals surface area (Å²) >= 11 is 0. The van der Waals surface area contributed by atoms with Gasteiger partial charge in [0.15, 0.2) is 5.65 Å². The lowest BCUT2D eigenvalue weighted by molar-refractivity contribution is 0.645. The zero-order valence-electron chi connectivity index (χ0n) is 12.4. The van der Waals surface area contributed by atoms with Crippen molar-refractivity contribution < 1.29 is 0 Å². The van der Waals surface area contributed by atoms with Crippen molar-refractivity contribution in [1.29, 1.82) is 0 Å². The average molecular weight is 307 g/mol. The van der Waals surface area contributed by atoms with Gasteiger partial charge in [0.2, 0.25) is 0 Å². The summed E-state index contributed by atoms with van der Waals surface area (Å²) in [6.45, 7) is 2.04. The molecular formula is C16H13N5O2. The molecule has 0 amide bonds. The molecule has 0 N–H and O–H groups in total. The molecule has 0 atom stereocenters. The topological polar surface area (TPSA) is 73.7 Å². The van der Waals surface area contributed by atoms with E-state index in [2.05, 4.69) is 10.1 Å². The zero-order chi connectivity index (χ0) is 16.0. The second-order valence-electron chi connectivity index (χ2n) is 5.34. The van der Waals surface area contributed by atoms with E-state index in [1.807, 2.05) is 19.1 Å². The highest BCUT2D eigenvalue weighted by molar-refractivity contribution is 5.46. The van der Waals surface area contributed by atoms with Gasteiger partial charge in [0, 0.05) is 18.5 Å². The summed E-state index contributed by atoms with van der Waals surface area (Å²) in [4.78, 5) is 29.0. The second-order valence-corrected chi connectivity index (χ2v) is 5.34. The molecule has 0 unspecified atom stereocenters. The van der Waals surface area contributed by atoms with Crippen LogP contribution >= 0.6 is 0 Å². The SMILES string of the molecule is Cc1cccn2c(=O)cc(Cn3nc4ccccn4c3=O)nc12. The third kappa shape index (κ3) is 2.13. The minimum Gasteiger partial charge on any atom is -0.269 e. The molecule has 0 radical (unpaired) electrons. The fourth-order valence-electron chi connectivity index (χ4n) is 2.61. The van der Waals surface area contributed by atoms with Gasteiger partial charge in [-0.25, -0.2) is 14.5 Å². The average Bonchev–Trinajstić information content (AvgIpc) is 2.85. The summed E-state index contributed by atoms with van der Waals surface area (Å²) in [5.41, 5.74) is 2.12. The maximum Gasteiger partial charge on any atom is 0.350 e. The molecule has 7 nitrogen and oxygen atoms in total. The molecule has 0 aliphatic rings. The summed E-state index contributed by atoms with van der Waals surface area (Å²) in [6, 6.07) is 10.5. The normalized spacial score (nSPS) is 11.3. The largest absolute Gasteiger partial charge is 0.350 e. The van der Waals surface area contributed by atoms with E-state index in [1.165, 1.54) is 19.5 Å². The highest BCUT2D eigenvalue weighted by Gasteiger charge is 2.09. The molecule has 4 heterocycles. The molecule has 0 saturated heterocycles. The van der Waals surface area contributed by atoms with Crippen molar-refractivity contribution in [3.8, 4) is 0 Å². The third-order valence-corrected chi connectivity index (χ3v) is 3.74. The van der Waals surface area contributed by atoms with E-state index in [9.17, 15) is 9.59 Å². The summed E-state index contributed by atoms with van der Waals surface area (Å²) in [5.74, 6) is 0. The Morgan fingerprint density at radius 2 is 1.87 bits per heavy atom. The first kappa shape index (κ1) is 13.4. The Morgan fingerprint density at radius 3 is 2.70 bits per heavy atom. The van der Waals surface area contributed by atoms with E-state index in [-0.39, 0.29) is 17.8 Å². The minimum atomic E-state index is -0.257. The predicted octanol–water partition coefficient (Wildman–Crippen LogP) is 0.861. The van der Waals surface area contributed by atoms with Gasteiger partial charge in [-0.05, 0) is 30.7 Å². The molecule has 0 aromatic carbocycles. The minimum absolute atomic E-state index is 0.153.